The maximum atomic E-state index is 10.7. The van der Waals surface area contributed by atoms with Crippen LogP contribution in [0.5, 0.6) is 0 Å². The molecule has 1 saturated carbocycles. The average Bonchev–Trinajstić information content (AvgIpc) is 2.77. The number of hydrogen-bond acceptors (Lipinski definition) is 6. The first-order valence-electron chi connectivity index (χ1n) is 7.51. The molecule has 0 radical (unpaired) electrons. The Morgan fingerprint density at radius 3 is 2.55 bits per heavy atom. The number of nitrogens with zero attached hydrogens (tertiary/aromatic N) is 2. The summed E-state index contributed by atoms with van der Waals surface area (Å²) in [7, 11) is -1.76. The Morgan fingerprint density at radius 2 is 2.00 bits per heavy atom. The molecule has 2 N–H and O–H groups in total. The van der Waals surface area contributed by atoms with E-state index in [0.717, 1.165) is 22.9 Å². The lowest BCUT2D eigenvalue weighted by atomic mass is 9.83. The third-order valence-corrected chi connectivity index (χ3v) is 10.1. The van der Waals surface area contributed by atoms with Gasteiger partial charge in [-0.3, -0.25) is 0 Å². The summed E-state index contributed by atoms with van der Waals surface area (Å²) in [6, 6.07) is 0. The number of ether oxygens (including phenoxy) is 1. The quantitative estimate of drug-likeness (QED) is 0.828. The third kappa shape index (κ3) is 4.05. The highest BCUT2D eigenvalue weighted by Gasteiger charge is 2.38. The summed E-state index contributed by atoms with van der Waals surface area (Å²) in [5.74, 6) is 0.323. The van der Waals surface area contributed by atoms with Gasteiger partial charge in [0.2, 0.25) is 0 Å². The summed E-state index contributed by atoms with van der Waals surface area (Å²) in [5, 5.41) is 10.6. The largest absolute Gasteiger partial charge is 0.446 e. The van der Waals surface area contributed by atoms with Crippen LogP contribution in [0.15, 0.2) is 0 Å². The first kappa shape index (κ1) is 17.4. The minimum Gasteiger partial charge on any atom is -0.446 e. The van der Waals surface area contributed by atoms with E-state index >= 15 is 0 Å². The smallest absolute Gasteiger partial charge is 0.404 e. The molecule has 1 aliphatic carbocycles. The Morgan fingerprint density at radius 1 is 1.36 bits per heavy atom. The molecular weight excluding hydrogens is 318 g/mol. The van der Waals surface area contributed by atoms with Gasteiger partial charge < -0.3 is 14.9 Å². The number of aromatic nitrogens is 2. The number of primary amides is 1. The van der Waals surface area contributed by atoms with Gasteiger partial charge in [-0.05, 0) is 31.0 Å². The first-order chi connectivity index (χ1) is 10.1. The second-order valence-corrected chi connectivity index (χ2v) is 13.2. The van der Waals surface area contributed by atoms with Crippen molar-refractivity contribution in [3.05, 3.63) is 10.0 Å². The van der Waals surface area contributed by atoms with Gasteiger partial charge >= 0.3 is 6.09 Å². The molecule has 0 aromatic carbocycles. The molecule has 6 nitrogen and oxygen atoms in total. The van der Waals surface area contributed by atoms with E-state index in [4.69, 9.17) is 14.9 Å². The second kappa shape index (κ2) is 6.25. The molecule has 1 aromatic heterocycles. The maximum Gasteiger partial charge on any atom is 0.404 e. The van der Waals surface area contributed by atoms with E-state index in [2.05, 4.69) is 44.1 Å². The minimum atomic E-state index is -1.76. The Balaban J connectivity index is 1.84. The van der Waals surface area contributed by atoms with Crippen molar-refractivity contribution in [1.82, 2.24) is 10.2 Å². The van der Waals surface area contributed by atoms with Crippen molar-refractivity contribution in [2.45, 2.75) is 70.4 Å². The lowest BCUT2D eigenvalue weighted by Crippen LogP contribution is -2.40. The van der Waals surface area contributed by atoms with Crippen molar-refractivity contribution in [3.63, 3.8) is 0 Å². The highest BCUT2D eigenvalue weighted by Crippen LogP contribution is 2.40. The zero-order chi connectivity index (χ0) is 16.5. The topological polar surface area (TPSA) is 87.3 Å². The minimum absolute atomic E-state index is 0.0710. The summed E-state index contributed by atoms with van der Waals surface area (Å²) in [5.41, 5.74) is 5.01. The molecule has 1 fully saturated rings. The van der Waals surface area contributed by atoms with Gasteiger partial charge in [-0.2, -0.15) is 0 Å². The molecule has 0 bridgehead atoms. The Hall–Kier alpha value is -0.993. The predicted octanol–water partition coefficient (Wildman–Crippen LogP) is 3.40. The van der Waals surface area contributed by atoms with Gasteiger partial charge in [-0.25, -0.2) is 4.79 Å². The molecule has 0 unspecified atom stereocenters. The first-order valence-corrected chi connectivity index (χ1v) is 11.2. The summed E-state index contributed by atoms with van der Waals surface area (Å²) in [4.78, 5) is 10.7. The third-order valence-electron chi connectivity index (χ3n) is 4.57. The van der Waals surface area contributed by atoms with Crippen LogP contribution in [0.4, 0.5) is 4.79 Å². The van der Waals surface area contributed by atoms with Gasteiger partial charge in [-0.1, -0.05) is 32.1 Å². The van der Waals surface area contributed by atoms with Crippen molar-refractivity contribution < 1.29 is 14.0 Å². The highest BCUT2D eigenvalue weighted by atomic mass is 32.1. The van der Waals surface area contributed by atoms with E-state index in [1.807, 2.05) is 0 Å². The number of rotatable bonds is 5. The van der Waals surface area contributed by atoms with E-state index in [0.29, 0.717) is 12.5 Å². The maximum absolute atomic E-state index is 10.7. The molecule has 0 aliphatic heterocycles. The molecule has 2 rings (SSSR count). The molecule has 0 atom stereocenters. The molecule has 0 spiro atoms. The van der Waals surface area contributed by atoms with Crippen molar-refractivity contribution in [2.24, 2.45) is 5.73 Å². The van der Waals surface area contributed by atoms with Crippen LogP contribution in [-0.2, 0) is 15.8 Å². The molecule has 1 amide bonds. The van der Waals surface area contributed by atoms with Crippen LogP contribution in [0, 0.1) is 0 Å². The van der Waals surface area contributed by atoms with Crippen molar-refractivity contribution in [1.29, 1.82) is 0 Å². The number of hydrogen-bond donors (Lipinski definition) is 1. The number of carbonyl (C=O) groups is 1. The van der Waals surface area contributed by atoms with Crippen LogP contribution in [0.3, 0.4) is 0 Å². The molecule has 1 aromatic rings. The fourth-order valence-electron chi connectivity index (χ4n) is 1.98. The summed E-state index contributed by atoms with van der Waals surface area (Å²) in [6.07, 6.45) is 0.781. The van der Waals surface area contributed by atoms with Crippen molar-refractivity contribution in [3.8, 4) is 0 Å². The van der Waals surface area contributed by atoms with Crippen LogP contribution in [0.25, 0.3) is 0 Å². The molecular formula is C14H25N3O3SSi. The lowest BCUT2D eigenvalue weighted by molar-refractivity contribution is 0.0452. The standard InChI is InChI=1S/C14H25N3O3SSi/c1-14(2,3)22(4,5)19-8-11-16-17-12(21-11)9-6-10(7-9)20-13(15)18/h9-10H,6-8H2,1-5H3,(H2,15,18). The Bertz CT molecular complexity index is 536. The van der Waals surface area contributed by atoms with Crippen molar-refractivity contribution >= 4 is 25.7 Å². The number of amides is 1. The predicted molar refractivity (Wildman–Crippen MR) is 88.3 cm³/mol. The normalized spacial score (nSPS) is 22.2. The van der Waals surface area contributed by atoms with Gasteiger partial charge in [0, 0.05) is 5.92 Å². The van der Waals surface area contributed by atoms with Crippen LogP contribution < -0.4 is 5.73 Å². The zero-order valence-electron chi connectivity index (χ0n) is 13.9. The van der Waals surface area contributed by atoms with Crippen LogP contribution in [-0.4, -0.2) is 30.7 Å². The fourth-order valence-corrected chi connectivity index (χ4v) is 3.89. The summed E-state index contributed by atoms with van der Waals surface area (Å²) in [6.45, 7) is 11.6. The Kier molecular flexibility index (Phi) is 4.93. The molecule has 1 heterocycles. The van der Waals surface area contributed by atoms with Crippen LogP contribution in [0.1, 0.15) is 49.5 Å². The fraction of sp³-hybridized carbons (Fsp3) is 0.786. The Labute approximate surface area is 136 Å². The molecule has 0 saturated heterocycles. The molecule has 1 aliphatic rings. The average molecular weight is 344 g/mol. The molecule has 8 heteroatoms. The summed E-state index contributed by atoms with van der Waals surface area (Å²) < 4.78 is 11.1. The van der Waals surface area contributed by atoms with Gasteiger partial charge in [0.05, 0.1) is 6.61 Å². The van der Waals surface area contributed by atoms with E-state index in [1.165, 1.54) is 0 Å². The molecule has 124 valence electrons. The van der Waals surface area contributed by atoms with E-state index in [-0.39, 0.29) is 11.1 Å². The second-order valence-electron chi connectivity index (χ2n) is 7.31. The highest BCUT2D eigenvalue weighted by molar-refractivity contribution is 7.11. The zero-order valence-corrected chi connectivity index (χ0v) is 15.7. The van der Waals surface area contributed by atoms with E-state index < -0.39 is 14.4 Å². The van der Waals surface area contributed by atoms with Gasteiger partial charge in [0.25, 0.3) is 0 Å². The van der Waals surface area contributed by atoms with E-state index in [9.17, 15) is 4.79 Å². The lowest BCUT2D eigenvalue weighted by Gasteiger charge is -2.35. The number of nitrogens with two attached hydrogens (primary N) is 1. The van der Waals surface area contributed by atoms with E-state index in [1.54, 1.807) is 11.3 Å². The SMILES string of the molecule is CC(C)(C)[Si](C)(C)OCc1nnc(C2CC(OC(N)=O)C2)s1. The van der Waals surface area contributed by atoms with Gasteiger partial charge in [-0.15, -0.1) is 10.2 Å². The van der Waals surface area contributed by atoms with Crippen LogP contribution >= 0.6 is 11.3 Å². The number of carbonyl (C=O) groups excluding carboxylic acids is 1. The molecule has 22 heavy (non-hydrogen) atoms. The van der Waals surface area contributed by atoms with Crippen molar-refractivity contribution in [2.75, 3.05) is 0 Å². The summed E-state index contributed by atoms with van der Waals surface area (Å²) >= 11 is 1.59. The van der Waals surface area contributed by atoms with Gasteiger partial charge in [0.1, 0.15) is 16.1 Å². The van der Waals surface area contributed by atoms with Gasteiger partial charge in [0.15, 0.2) is 8.32 Å². The van der Waals surface area contributed by atoms with Crippen LogP contribution in [0.2, 0.25) is 18.1 Å². The monoisotopic (exact) mass is 343 g/mol.